The van der Waals surface area contributed by atoms with Gasteiger partial charge >= 0.3 is 0 Å². The Morgan fingerprint density at radius 1 is 1.50 bits per heavy atom. The van der Waals surface area contributed by atoms with E-state index < -0.39 is 0 Å². The lowest BCUT2D eigenvalue weighted by Gasteiger charge is -2.18. The molecule has 0 radical (unpaired) electrons. The largest absolute Gasteiger partial charge is 0.374 e. The average molecular weight is 191 g/mol. The maximum Gasteiger partial charge on any atom is 0.125 e. The smallest absolute Gasteiger partial charge is 0.125 e. The molecule has 0 aromatic heterocycles. The zero-order valence-corrected chi connectivity index (χ0v) is 8.33. The van der Waals surface area contributed by atoms with Crippen molar-refractivity contribution in [1.82, 2.24) is 0 Å². The summed E-state index contributed by atoms with van der Waals surface area (Å²) in [6.07, 6.45) is 6.85. The van der Waals surface area contributed by atoms with Crippen LogP contribution in [0.2, 0.25) is 0 Å². The van der Waals surface area contributed by atoms with Gasteiger partial charge in [0.15, 0.2) is 0 Å². The van der Waals surface area contributed by atoms with Crippen LogP contribution < -0.4 is 4.90 Å². The standard InChI is InChI=1S/C12H14FN/c1-3-4-5-9-14(2)12-8-6-7-11(13)10-12/h1,6-8,10H,4-5,9H2,2H3. The number of halogens is 1. The van der Waals surface area contributed by atoms with E-state index in [0.29, 0.717) is 0 Å². The topological polar surface area (TPSA) is 3.24 Å². The van der Waals surface area contributed by atoms with Crippen molar-refractivity contribution in [1.29, 1.82) is 0 Å². The quantitative estimate of drug-likeness (QED) is 0.522. The van der Waals surface area contributed by atoms with Crippen LogP contribution in [0.1, 0.15) is 12.8 Å². The van der Waals surface area contributed by atoms with Crippen LogP contribution in [0.4, 0.5) is 10.1 Å². The van der Waals surface area contributed by atoms with Crippen LogP contribution in [0.15, 0.2) is 24.3 Å². The van der Waals surface area contributed by atoms with Gasteiger partial charge in [0.2, 0.25) is 0 Å². The van der Waals surface area contributed by atoms with E-state index in [2.05, 4.69) is 5.92 Å². The number of terminal acetylenes is 1. The number of nitrogens with zero attached hydrogens (tertiary/aromatic N) is 1. The van der Waals surface area contributed by atoms with Crippen LogP contribution in [0.5, 0.6) is 0 Å². The maximum absolute atomic E-state index is 12.9. The van der Waals surface area contributed by atoms with Crippen LogP contribution in [0, 0.1) is 18.2 Å². The van der Waals surface area contributed by atoms with Gasteiger partial charge in [0.1, 0.15) is 5.82 Å². The lowest BCUT2D eigenvalue weighted by Crippen LogP contribution is -2.18. The highest BCUT2D eigenvalue weighted by Gasteiger charge is 2.00. The first-order valence-electron chi connectivity index (χ1n) is 4.64. The van der Waals surface area contributed by atoms with Crippen LogP contribution in [-0.2, 0) is 0 Å². The van der Waals surface area contributed by atoms with E-state index in [0.717, 1.165) is 25.1 Å². The summed E-state index contributed by atoms with van der Waals surface area (Å²) >= 11 is 0. The molecule has 0 N–H and O–H groups in total. The van der Waals surface area contributed by atoms with E-state index in [1.807, 2.05) is 18.0 Å². The fraction of sp³-hybridized carbons (Fsp3) is 0.333. The Morgan fingerprint density at radius 3 is 2.93 bits per heavy atom. The first-order chi connectivity index (χ1) is 6.74. The molecule has 0 saturated carbocycles. The van der Waals surface area contributed by atoms with Crippen molar-refractivity contribution in [2.24, 2.45) is 0 Å². The van der Waals surface area contributed by atoms with E-state index in [1.165, 1.54) is 12.1 Å². The molecule has 0 aliphatic carbocycles. The summed E-state index contributed by atoms with van der Waals surface area (Å²) in [6.45, 7) is 0.855. The molecule has 0 amide bonds. The van der Waals surface area contributed by atoms with Crippen LogP contribution in [0.3, 0.4) is 0 Å². The second kappa shape index (κ2) is 5.29. The Balaban J connectivity index is 2.52. The highest BCUT2D eigenvalue weighted by atomic mass is 19.1. The van der Waals surface area contributed by atoms with Crippen molar-refractivity contribution in [3.05, 3.63) is 30.1 Å². The summed E-state index contributed by atoms with van der Waals surface area (Å²) in [5.74, 6) is 2.38. The third-order valence-electron chi connectivity index (χ3n) is 2.06. The molecule has 2 heteroatoms. The molecule has 0 aliphatic rings. The molecule has 0 spiro atoms. The molecule has 0 unspecified atom stereocenters. The van der Waals surface area contributed by atoms with Gasteiger partial charge in [-0.05, 0) is 24.6 Å². The number of anilines is 1. The SMILES string of the molecule is C#CCCCN(C)c1cccc(F)c1. The minimum absolute atomic E-state index is 0.203. The van der Waals surface area contributed by atoms with Gasteiger partial charge in [-0.25, -0.2) is 4.39 Å². The number of hydrogen-bond donors (Lipinski definition) is 0. The van der Waals surface area contributed by atoms with E-state index in [9.17, 15) is 4.39 Å². The molecule has 74 valence electrons. The van der Waals surface area contributed by atoms with Crippen molar-refractivity contribution in [3.63, 3.8) is 0 Å². The molecular weight excluding hydrogens is 177 g/mol. The molecule has 1 rings (SSSR count). The number of unbranched alkanes of at least 4 members (excludes halogenated alkanes) is 1. The molecule has 0 atom stereocenters. The number of rotatable bonds is 4. The molecule has 1 aromatic rings. The Bertz CT molecular complexity index is 327. The van der Waals surface area contributed by atoms with E-state index in [1.54, 1.807) is 6.07 Å². The van der Waals surface area contributed by atoms with Gasteiger partial charge in [-0.3, -0.25) is 0 Å². The van der Waals surface area contributed by atoms with Crippen molar-refractivity contribution >= 4 is 5.69 Å². The molecule has 0 fully saturated rings. The summed E-state index contributed by atoms with van der Waals surface area (Å²) < 4.78 is 12.9. The van der Waals surface area contributed by atoms with Gasteiger partial charge < -0.3 is 4.90 Å². The third-order valence-corrected chi connectivity index (χ3v) is 2.06. The molecule has 0 bridgehead atoms. The van der Waals surface area contributed by atoms with Gasteiger partial charge in [-0.2, -0.15) is 0 Å². The fourth-order valence-electron chi connectivity index (χ4n) is 1.26. The minimum atomic E-state index is -0.203. The molecule has 0 saturated heterocycles. The van der Waals surface area contributed by atoms with E-state index in [-0.39, 0.29) is 5.82 Å². The molecule has 1 aromatic carbocycles. The van der Waals surface area contributed by atoms with Crippen LogP contribution in [0.25, 0.3) is 0 Å². The first-order valence-corrected chi connectivity index (χ1v) is 4.64. The highest BCUT2D eigenvalue weighted by molar-refractivity contribution is 5.45. The zero-order chi connectivity index (χ0) is 10.4. The molecule has 0 aliphatic heterocycles. The summed E-state index contributed by atoms with van der Waals surface area (Å²) in [6, 6.07) is 6.57. The second-order valence-electron chi connectivity index (χ2n) is 3.21. The third kappa shape index (κ3) is 3.10. The summed E-state index contributed by atoms with van der Waals surface area (Å²) in [5.41, 5.74) is 0.891. The second-order valence-corrected chi connectivity index (χ2v) is 3.21. The average Bonchev–Trinajstić information content (AvgIpc) is 2.18. The number of hydrogen-bond acceptors (Lipinski definition) is 1. The highest BCUT2D eigenvalue weighted by Crippen LogP contribution is 2.13. The molecular formula is C12H14FN. The minimum Gasteiger partial charge on any atom is -0.374 e. The fourth-order valence-corrected chi connectivity index (χ4v) is 1.26. The van der Waals surface area contributed by atoms with Crippen molar-refractivity contribution in [3.8, 4) is 12.3 Å². The summed E-state index contributed by atoms with van der Waals surface area (Å²) in [4.78, 5) is 2.00. The van der Waals surface area contributed by atoms with E-state index in [4.69, 9.17) is 6.42 Å². The zero-order valence-electron chi connectivity index (χ0n) is 8.33. The summed E-state index contributed by atoms with van der Waals surface area (Å²) in [5, 5.41) is 0. The van der Waals surface area contributed by atoms with Crippen molar-refractivity contribution in [2.45, 2.75) is 12.8 Å². The van der Waals surface area contributed by atoms with Gasteiger partial charge in [-0.15, -0.1) is 12.3 Å². The first kappa shape index (κ1) is 10.6. The lowest BCUT2D eigenvalue weighted by molar-refractivity contribution is 0.627. The molecule has 1 nitrogen and oxygen atoms in total. The van der Waals surface area contributed by atoms with E-state index >= 15 is 0 Å². The van der Waals surface area contributed by atoms with Crippen molar-refractivity contribution in [2.75, 3.05) is 18.5 Å². The normalized spacial score (nSPS) is 9.50. The maximum atomic E-state index is 12.9. The van der Waals surface area contributed by atoms with Crippen LogP contribution >= 0.6 is 0 Å². The van der Waals surface area contributed by atoms with Gasteiger partial charge in [-0.1, -0.05) is 6.07 Å². The van der Waals surface area contributed by atoms with Gasteiger partial charge in [0, 0.05) is 25.7 Å². The molecule has 14 heavy (non-hydrogen) atoms. The number of benzene rings is 1. The van der Waals surface area contributed by atoms with Gasteiger partial charge in [0.25, 0.3) is 0 Å². The van der Waals surface area contributed by atoms with Gasteiger partial charge in [0.05, 0.1) is 0 Å². The Kier molecular flexibility index (Phi) is 4.00. The Hall–Kier alpha value is -1.49. The predicted molar refractivity (Wildman–Crippen MR) is 57.7 cm³/mol. The van der Waals surface area contributed by atoms with Crippen molar-refractivity contribution < 1.29 is 4.39 Å². The Labute approximate surface area is 84.5 Å². The van der Waals surface area contributed by atoms with Crippen LogP contribution in [-0.4, -0.2) is 13.6 Å². The lowest BCUT2D eigenvalue weighted by atomic mass is 10.2. The molecule has 0 heterocycles. The predicted octanol–water partition coefficient (Wildman–Crippen LogP) is 2.68. The Morgan fingerprint density at radius 2 is 2.29 bits per heavy atom. The summed E-state index contributed by atoms with van der Waals surface area (Å²) in [7, 11) is 1.94. The monoisotopic (exact) mass is 191 g/mol.